The number of para-hydroxylation sites is 1. The highest BCUT2D eigenvalue weighted by molar-refractivity contribution is 5.87. The summed E-state index contributed by atoms with van der Waals surface area (Å²) in [4.78, 5) is 23.1. The van der Waals surface area contributed by atoms with Gasteiger partial charge in [0.2, 0.25) is 0 Å². The maximum atomic E-state index is 12.2. The SMILES string of the molecule is COc1cccc(CNC(=O)NCc2ccc(C(=O)O)cc2)c1OC1CCCC1. The molecule has 1 aliphatic carbocycles. The van der Waals surface area contributed by atoms with Crippen molar-refractivity contribution in [2.45, 2.75) is 44.9 Å². The minimum Gasteiger partial charge on any atom is -0.493 e. The summed E-state index contributed by atoms with van der Waals surface area (Å²) in [6.45, 7) is 0.609. The van der Waals surface area contributed by atoms with Crippen LogP contribution in [0.25, 0.3) is 0 Å². The van der Waals surface area contributed by atoms with E-state index in [2.05, 4.69) is 10.6 Å². The zero-order chi connectivity index (χ0) is 20.6. The third kappa shape index (κ3) is 5.63. The van der Waals surface area contributed by atoms with Gasteiger partial charge in [-0.05, 0) is 49.4 Å². The molecule has 0 radical (unpaired) electrons. The molecule has 0 bridgehead atoms. The predicted molar refractivity (Wildman–Crippen MR) is 108 cm³/mol. The number of hydrogen-bond donors (Lipinski definition) is 3. The number of carboxylic acid groups (broad SMARTS) is 1. The molecule has 2 amide bonds. The average molecular weight is 398 g/mol. The van der Waals surface area contributed by atoms with Gasteiger partial charge in [-0.2, -0.15) is 0 Å². The molecule has 0 aromatic heterocycles. The normalized spacial score (nSPS) is 13.7. The predicted octanol–water partition coefficient (Wildman–Crippen LogP) is 3.71. The molecular weight excluding hydrogens is 372 g/mol. The summed E-state index contributed by atoms with van der Waals surface area (Å²) in [7, 11) is 1.61. The zero-order valence-electron chi connectivity index (χ0n) is 16.4. The summed E-state index contributed by atoms with van der Waals surface area (Å²) in [5, 5.41) is 14.5. The zero-order valence-corrected chi connectivity index (χ0v) is 16.4. The number of ether oxygens (including phenoxy) is 2. The molecule has 2 aromatic rings. The van der Waals surface area contributed by atoms with E-state index in [9.17, 15) is 9.59 Å². The lowest BCUT2D eigenvalue weighted by Gasteiger charge is -2.19. The second kappa shape index (κ2) is 9.82. The molecule has 154 valence electrons. The molecule has 0 saturated heterocycles. The Morgan fingerprint density at radius 2 is 1.72 bits per heavy atom. The van der Waals surface area contributed by atoms with Gasteiger partial charge in [0.25, 0.3) is 0 Å². The van der Waals surface area contributed by atoms with E-state index >= 15 is 0 Å². The number of urea groups is 1. The highest BCUT2D eigenvalue weighted by Gasteiger charge is 2.20. The number of hydrogen-bond acceptors (Lipinski definition) is 4. The van der Waals surface area contributed by atoms with Crippen molar-refractivity contribution in [3.8, 4) is 11.5 Å². The van der Waals surface area contributed by atoms with Crippen LogP contribution in [0.2, 0.25) is 0 Å². The molecule has 3 N–H and O–H groups in total. The van der Waals surface area contributed by atoms with Crippen molar-refractivity contribution in [2.75, 3.05) is 7.11 Å². The Morgan fingerprint density at radius 1 is 1.03 bits per heavy atom. The summed E-state index contributed by atoms with van der Waals surface area (Å²) in [5.41, 5.74) is 1.89. The second-order valence-corrected chi connectivity index (χ2v) is 7.01. The van der Waals surface area contributed by atoms with Gasteiger partial charge in [-0.1, -0.05) is 24.3 Å². The maximum absolute atomic E-state index is 12.2. The Morgan fingerprint density at radius 3 is 2.38 bits per heavy atom. The fraction of sp³-hybridized carbons (Fsp3) is 0.364. The highest BCUT2D eigenvalue weighted by Crippen LogP contribution is 2.34. The number of carbonyl (C=O) groups is 2. The van der Waals surface area contributed by atoms with Crippen LogP contribution in [-0.4, -0.2) is 30.3 Å². The summed E-state index contributed by atoms with van der Waals surface area (Å²) in [6.07, 6.45) is 4.60. The van der Waals surface area contributed by atoms with Gasteiger partial charge in [-0.15, -0.1) is 0 Å². The van der Waals surface area contributed by atoms with Crippen LogP contribution in [0.5, 0.6) is 11.5 Å². The van der Waals surface area contributed by atoms with Gasteiger partial charge in [-0.3, -0.25) is 0 Å². The molecule has 0 unspecified atom stereocenters. The number of benzene rings is 2. The first kappa shape index (κ1) is 20.5. The summed E-state index contributed by atoms with van der Waals surface area (Å²) >= 11 is 0. The molecule has 0 spiro atoms. The van der Waals surface area contributed by atoms with E-state index in [-0.39, 0.29) is 17.7 Å². The monoisotopic (exact) mass is 398 g/mol. The average Bonchev–Trinajstić information content (AvgIpc) is 3.25. The van der Waals surface area contributed by atoms with Gasteiger partial charge in [0.05, 0.1) is 18.8 Å². The van der Waals surface area contributed by atoms with Crippen molar-refractivity contribution >= 4 is 12.0 Å². The minimum absolute atomic E-state index is 0.188. The van der Waals surface area contributed by atoms with Crippen LogP contribution in [0.3, 0.4) is 0 Å². The first-order chi connectivity index (χ1) is 14.1. The Balaban J connectivity index is 1.55. The Labute approximate surface area is 170 Å². The van der Waals surface area contributed by atoms with E-state index in [1.165, 1.54) is 25.0 Å². The Hall–Kier alpha value is -3.22. The van der Waals surface area contributed by atoms with Crippen LogP contribution >= 0.6 is 0 Å². The van der Waals surface area contributed by atoms with Crippen molar-refractivity contribution in [1.82, 2.24) is 10.6 Å². The van der Waals surface area contributed by atoms with E-state index in [0.717, 1.165) is 24.0 Å². The van der Waals surface area contributed by atoms with Crippen LogP contribution in [-0.2, 0) is 13.1 Å². The fourth-order valence-electron chi connectivity index (χ4n) is 3.35. The number of nitrogens with one attached hydrogen (secondary N) is 2. The Kier molecular flexibility index (Phi) is 6.94. The van der Waals surface area contributed by atoms with Gasteiger partial charge >= 0.3 is 12.0 Å². The molecule has 29 heavy (non-hydrogen) atoms. The van der Waals surface area contributed by atoms with Crippen LogP contribution in [0.4, 0.5) is 4.79 Å². The number of carbonyl (C=O) groups excluding carboxylic acids is 1. The number of carboxylic acids is 1. The van der Waals surface area contributed by atoms with Gasteiger partial charge < -0.3 is 25.2 Å². The van der Waals surface area contributed by atoms with Crippen molar-refractivity contribution in [2.24, 2.45) is 0 Å². The van der Waals surface area contributed by atoms with Crippen molar-refractivity contribution in [3.63, 3.8) is 0 Å². The number of methoxy groups -OCH3 is 1. The number of rotatable bonds is 8. The smallest absolute Gasteiger partial charge is 0.335 e. The molecule has 7 nitrogen and oxygen atoms in total. The van der Waals surface area contributed by atoms with Crippen molar-refractivity contribution in [3.05, 3.63) is 59.2 Å². The van der Waals surface area contributed by atoms with Gasteiger partial charge in [0.1, 0.15) is 0 Å². The number of amides is 2. The molecular formula is C22H26N2O5. The van der Waals surface area contributed by atoms with E-state index < -0.39 is 5.97 Å². The van der Waals surface area contributed by atoms with Gasteiger partial charge in [0.15, 0.2) is 11.5 Å². The molecule has 7 heteroatoms. The summed E-state index contributed by atoms with van der Waals surface area (Å²) in [6, 6.07) is 11.7. The summed E-state index contributed by atoms with van der Waals surface area (Å²) < 4.78 is 11.6. The minimum atomic E-state index is -0.976. The highest BCUT2D eigenvalue weighted by atomic mass is 16.5. The second-order valence-electron chi connectivity index (χ2n) is 7.01. The van der Waals surface area contributed by atoms with Crippen LogP contribution in [0.1, 0.15) is 47.2 Å². The van der Waals surface area contributed by atoms with Gasteiger partial charge in [-0.25, -0.2) is 9.59 Å². The molecule has 0 heterocycles. The van der Waals surface area contributed by atoms with E-state index in [1.807, 2.05) is 18.2 Å². The lowest BCUT2D eigenvalue weighted by Crippen LogP contribution is -2.34. The van der Waals surface area contributed by atoms with Crippen molar-refractivity contribution in [1.29, 1.82) is 0 Å². The van der Waals surface area contributed by atoms with Gasteiger partial charge in [0, 0.05) is 18.7 Å². The molecule has 1 fully saturated rings. The van der Waals surface area contributed by atoms with E-state index in [4.69, 9.17) is 14.6 Å². The van der Waals surface area contributed by atoms with E-state index in [0.29, 0.717) is 24.6 Å². The first-order valence-electron chi connectivity index (χ1n) is 9.73. The first-order valence-corrected chi connectivity index (χ1v) is 9.73. The van der Waals surface area contributed by atoms with Crippen LogP contribution in [0, 0.1) is 0 Å². The third-order valence-corrected chi connectivity index (χ3v) is 4.96. The fourth-order valence-corrected chi connectivity index (χ4v) is 3.35. The van der Waals surface area contributed by atoms with Crippen LogP contribution < -0.4 is 20.1 Å². The Bertz CT molecular complexity index is 845. The molecule has 0 aliphatic heterocycles. The maximum Gasteiger partial charge on any atom is 0.335 e. The van der Waals surface area contributed by atoms with E-state index in [1.54, 1.807) is 19.2 Å². The third-order valence-electron chi connectivity index (χ3n) is 4.96. The lowest BCUT2D eigenvalue weighted by atomic mass is 10.1. The topological polar surface area (TPSA) is 96.9 Å². The largest absolute Gasteiger partial charge is 0.493 e. The molecule has 0 atom stereocenters. The van der Waals surface area contributed by atoms with Crippen molar-refractivity contribution < 1.29 is 24.2 Å². The summed E-state index contributed by atoms with van der Waals surface area (Å²) in [5.74, 6) is 0.373. The quantitative estimate of drug-likeness (QED) is 0.630. The lowest BCUT2D eigenvalue weighted by molar-refractivity contribution is 0.0697. The molecule has 2 aromatic carbocycles. The molecule has 3 rings (SSSR count). The standard InChI is InChI=1S/C22H26N2O5/c1-28-19-8-4-5-17(20(19)29-18-6-2-3-7-18)14-24-22(27)23-13-15-9-11-16(12-10-15)21(25)26/h4-5,8-12,18H,2-3,6-7,13-14H2,1H3,(H,25,26)(H2,23,24,27). The van der Waals surface area contributed by atoms with Crippen LogP contribution in [0.15, 0.2) is 42.5 Å². The number of aromatic carboxylic acids is 1. The molecule has 1 aliphatic rings. The molecule has 1 saturated carbocycles.